The van der Waals surface area contributed by atoms with Gasteiger partial charge in [-0.25, -0.2) is 15.0 Å². The maximum absolute atomic E-state index is 5.34. The summed E-state index contributed by atoms with van der Waals surface area (Å²) in [6.07, 6.45) is 3.39. The van der Waals surface area contributed by atoms with Crippen LogP contribution in [0.4, 0.5) is 11.5 Å². The Hall–Kier alpha value is -3.20. The van der Waals surface area contributed by atoms with Crippen LogP contribution >= 0.6 is 11.3 Å². The molecule has 0 aliphatic heterocycles. The summed E-state index contributed by atoms with van der Waals surface area (Å²) in [7, 11) is 3.20. The highest BCUT2D eigenvalue weighted by atomic mass is 32.1. The first-order chi connectivity index (χ1) is 12.3. The third-order valence-electron chi connectivity index (χ3n) is 3.57. The largest absolute Gasteiger partial charge is 0.493 e. The van der Waals surface area contributed by atoms with Crippen molar-refractivity contribution in [1.29, 1.82) is 0 Å². The number of methoxy groups -OCH3 is 2. The molecule has 0 fully saturated rings. The van der Waals surface area contributed by atoms with E-state index in [9.17, 15) is 0 Å². The van der Waals surface area contributed by atoms with Gasteiger partial charge in [-0.1, -0.05) is 0 Å². The molecule has 0 unspecified atom stereocenters. The number of nitrogens with one attached hydrogen (secondary N) is 2. The Morgan fingerprint density at radius 3 is 2.76 bits per heavy atom. The van der Waals surface area contributed by atoms with Crippen LogP contribution < -0.4 is 14.8 Å². The second kappa shape index (κ2) is 6.36. The SMILES string of the molecule is COc1ccc(Nc2nc(-c3nccs3)nc3cn[nH]c23)cc1OC. The second-order valence-electron chi connectivity index (χ2n) is 5.06. The molecule has 0 saturated heterocycles. The highest BCUT2D eigenvalue weighted by Crippen LogP contribution is 2.32. The van der Waals surface area contributed by atoms with Gasteiger partial charge >= 0.3 is 0 Å². The first-order valence-electron chi connectivity index (χ1n) is 7.38. The Bertz CT molecular complexity index is 1010. The summed E-state index contributed by atoms with van der Waals surface area (Å²) < 4.78 is 10.6. The molecule has 0 aliphatic carbocycles. The van der Waals surface area contributed by atoms with Gasteiger partial charge in [0.25, 0.3) is 0 Å². The lowest BCUT2D eigenvalue weighted by atomic mass is 10.2. The van der Waals surface area contributed by atoms with Crippen LogP contribution in [0.15, 0.2) is 36.0 Å². The normalized spacial score (nSPS) is 10.8. The highest BCUT2D eigenvalue weighted by Gasteiger charge is 2.14. The van der Waals surface area contributed by atoms with Crippen molar-refractivity contribution in [1.82, 2.24) is 25.1 Å². The number of rotatable bonds is 5. The van der Waals surface area contributed by atoms with E-state index in [2.05, 4.69) is 30.5 Å². The Labute approximate surface area is 146 Å². The smallest absolute Gasteiger partial charge is 0.191 e. The van der Waals surface area contributed by atoms with Crippen molar-refractivity contribution in [3.63, 3.8) is 0 Å². The molecule has 126 valence electrons. The van der Waals surface area contributed by atoms with Crippen LogP contribution in [0.1, 0.15) is 0 Å². The maximum atomic E-state index is 5.34. The lowest BCUT2D eigenvalue weighted by molar-refractivity contribution is 0.355. The van der Waals surface area contributed by atoms with Gasteiger partial charge in [0.1, 0.15) is 11.0 Å². The zero-order valence-electron chi connectivity index (χ0n) is 13.5. The zero-order chi connectivity index (χ0) is 17.2. The van der Waals surface area contributed by atoms with Crippen LogP contribution in [0.25, 0.3) is 21.9 Å². The summed E-state index contributed by atoms with van der Waals surface area (Å²) >= 11 is 1.48. The van der Waals surface area contributed by atoms with E-state index >= 15 is 0 Å². The third-order valence-corrected chi connectivity index (χ3v) is 4.34. The van der Waals surface area contributed by atoms with Gasteiger partial charge < -0.3 is 14.8 Å². The molecule has 0 bridgehead atoms. The predicted molar refractivity (Wildman–Crippen MR) is 95.6 cm³/mol. The molecule has 0 amide bonds. The summed E-state index contributed by atoms with van der Waals surface area (Å²) in [4.78, 5) is 13.4. The van der Waals surface area contributed by atoms with E-state index in [-0.39, 0.29) is 0 Å². The first-order valence-corrected chi connectivity index (χ1v) is 8.26. The van der Waals surface area contributed by atoms with Crippen molar-refractivity contribution in [3.05, 3.63) is 36.0 Å². The van der Waals surface area contributed by atoms with E-state index in [0.29, 0.717) is 28.7 Å². The average molecular weight is 354 g/mol. The fourth-order valence-corrected chi connectivity index (χ4v) is 2.98. The number of aromatic amines is 1. The molecule has 1 aromatic carbocycles. The fraction of sp³-hybridized carbons (Fsp3) is 0.125. The van der Waals surface area contributed by atoms with Crippen molar-refractivity contribution in [2.24, 2.45) is 0 Å². The Balaban J connectivity index is 1.77. The molecular weight excluding hydrogens is 340 g/mol. The summed E-state index contributed by atoms with van der Waals surface area (Å²) in [5, 5.41) is 12.9. The number of hydrogen-bond acceptors (Lipinski definition) is 8. The first kappa shape index (κ1) is 15.3. The van der Waals surface area contributed by atoms with Crippen molar-refractivity contribution < 1.29 is 9.47 Å². The monoisotopic (exact) mass is 354 g/mol. The van der Waals surface area contributed by atoms with Crippen LogP contribution in [0, 0.1) is 0 Å². The van der Waals surface area contributed by atoms with Crippen LogP contribution in [0.5, 0.6) is 11.5 Å². The van der Waals surface area contributed by atoms with Crippen LogP contribution in [0.2, 0.25) is 0 Å². The van der Waals surface area contributed by atoms with E-state index in [1.54, 1.807) is 26.6 Å². The van der Waals surface area contributed by atoms with Gasteiger partial charge in [-0.3, -0.25) is 5.10 Å². The molecule has 0 saturated carbocycles. The minimum Gasteiger partial charge on any atom is -0.493 e. The molecule has 0 radical (unpaired) electrons. The summed E-state index contributed by atoms with van der Waals surface area (Å²) in [5.41, 5.74) is 2.23. The molecule has 8 nitrogen and oxygen atoms in total. The molecule has 25 heavy (non-hydrogen) atoms. The summed E-state index contributed by atoms with van der Waals surface area (Å²) in [6.45, 7) is 0. The van der Waals surface area contributed by atoms with Crippen LogP contribution in [-0.2, 0) is 0 Å². The van der Waals surface area contributed by atoms with Gasteiger partial charge in [0.15, 0.2) is 28.1 Å². The molecule has 9 heteroatoms. The van der Waals surface area contributed by atoms with Gasteiger partial charge in [0, 0.05) is 23.3 Å². The zero-order valence-corrected chi connectivity index (χ0v) is 14.3. The highest BCUT2D eigenvalue weighted by molar-refractivity contribution is 7.13. The lowest BCUT2D eigenvalue weighted by Crippen LogP contribution is -1.99. The number of fused-ring (bicyclic) bond motifs is 1. The topological polar surface area (TPSA) is 97.8 Å². The van der Waals surface area contributed by atoms with E-state index in [1.165, 1.54) is 11.3 Å². The Morgan fingerprint density at radius 1 is 1.12 bits per heavy atom. The van der Waals surface area contributed by atoms with Crippen molar-refractivity contribution >= 4 is 33.9 Å². The van der Waals surface area contributed by atoms with E-state index < -0.39 is 0 Å². The van der Waals surface area contributed by atoms with Crippen LogP contribution in [0.3, 0.4) is 0 Å². The van der Waals surface area contributed by atoms with Gasteiger partial charge in [0.2, 0.25) is 0 Å². The number of anilines is 2. The minimum atomic E-state index is 0.548. The number of thiazole rings is 1. The van der Waals surface area contributed by atoms with E-state index in [4.69, 9.17) is 9.47 Å². The summed E-state index contributed by atoms with van der Waals surface area (Å²) in [5.74, 6) is 2.44. The molecule has 4 rings (SSSR count). The number of hydrogen-bond donors (Lipinski definition) is 2. The third kappa shape index (κ3) is 2.85. The van der Waals surface area contributed by atoms with E-state index in [1.807, 2.05) is 23.6 Å². The number of H-pyrrole nitrogens is 1. The second-order valence-corrected chi connectivity index (χ2v) is 5.95. The lowest BCUT2D eigenvalue weighted by Gasteiger charge is -2.11. The van der Waals surface area contributed by atoms with Crippen molar-refractivity contribution in [2.75, 3.05) is 19.5 Å². The van der Waals surface area contributed by atoms with Crippen molar-refractivity contribution in [2.45, 2.75) is 0 Å². The number of nitrogens with zero attached hydrogens (tertiary/aromatic N) is 4. The molecule has 2 N–H and O–H groups in total. The average Bonchev–Trinajstić information content (AvgIpc) is 3.33. The molecule has 0 spiro atoms. The number of aromatic nitrogens is 5. The fourth-order valence-electron chi connectivity index (χ4n) is 2.41. The molecule has 4 aromatic rings. The Kier molecular flexibility index (Phi) is 3.90. The molecule has 3 heterocycles. The van der Waals surface area contributed by atoms with Gasteiger partial charge in [-0.05, 0) is 12.1 Å². The number of benzene rings is 1. The van der Waals surface area contributed by atoms with Crippen LogP contribution in [-0.4, -0.2) is 39.4 Å². The minimum absolute atomic E-state index is 0.548. The predicted octanol–water partition coefficient (Wildman–Crippen LogP) is 3.24. The van der Waals surface area contributed by atoms with Gasteiger partial charge in [-0.2, -0.15) is 5.10 Å². The maximum Gasteiger partial charge on any atom is 0.191 e. The standard InChI is InChI=1S/C16H14N6O2S/c1-23-11-4-3-9(7-12(11)24-2)19-14-13-10(8-18-22-13)20-15(21-14)16-17-5-6-25-16/h3-8H,1-2H3,(H,18,22)(H,19,20,21). The molecule has 0 aliphatic rings. The van der Waals surface area contributed by atoms with Gasteiger partial charge in [0.05, 0.1) is 20.4 Å². The molecule has 3 aromatic heterocycles. The molecule has 0 atom stereocenters. The molecular formula is C16H14N6O2S. The summed E-state index contributed by atoms with van der Waals surface area (Å²) in [6, 6.07) is 5.55. The van der Waals surface area contributed by atoms with Crippen molar-refractivity contribution in [3.8, 4) is 22.3 Å². The number of ether oxygens (including phenoxy) is 2. The van der Waals surface area contributed by atoms with E-state index in [0.717, 1.165) is 16.2 Å². The van der Waals surface area contributed by atoms with Gasteiger partial charge in [-0.15, -0.1) is 11.3 Å². The quantitative estimate of drug-likeness (QED) is 0.568. The Morgan fingerprint density at radius 2 is 2.00 bits per heavy atom.